The quantitative estimate of drug-likeness (QED) is 0.627. The van der Waals surface area contributed by atoms with Gasteiger partial charge in [0, 0.05) is 36.7 Å². The Bertz CT molecular complexity index is 1190. The minimum Gasteiger partial charge on any atom is -0.381 e. The number of aromatic nitrogens is 2. The summed E-state index contributed by atoms with van der Waals surface area (Å²) in [4.78, 5) is 4.65. The van der Waals surface area contributed by atoms with Gasteiger partial charge in [-0.25, -0.2) is 17.4 Å². The first-order valence-electron chi connectivity index (χ1n) is 10.5. The summed E-state index contributed by atoms with van der Waals surface area (Å²) >= 11 is 0. The molecule has 1 fully saturated rings. The molecule has 3 aromatic rings. The fourth-order valence-corrected chi connectivity index (χ4v) is 6.01. The van der Waals surface area contributed by atoms with E-state index in [9.17, 15) is 13.5 Å². The Kier molecular flexibility index (Phi) is 5.21. The van der Waals surface area contributed by atoms with Crippen molar-refractivity contribution in [3.05, 3.63) is 54.4 Å². The predicted molar refractivity (Wildman–Crippen MR) is 117 cm³/mol. The van der Waals surface area contributed by atoms with Gasteiger partial charge < -0.3 is 15.3 Å². The number of aliphatic hydroxyl groups is 1. The zero-order chi connectivity index (χ0) is 21.6. The van der Waals surface area contributed by atoms with Crippen LogP contribution in [0.5, 0.6) is 0 Å². The molecule has 1 aliphatic heterocycles. The molecule has 1 atom stereocenters. The molecule has 2 aromatic heterocycles. The van der Waals surface area contributed by atoms with Gasteiger partial charge in [-0.3, -0.25) is 0 Å². The molecule has 0 saturated heterocycles. The van der Waals surface area contributed by atoms with Crippen LogP contribution in [0.15, 0.2) is 53.7 Å². The number of pyridine rings is 1. The molecule has 31 heavy (non-hydrogen) atoms. The lowest BCUT2D eigenvalue weighted by atomic mass is 9.86. The van der Waals surface area contributed by atoms with Crippen LogP contribution in [0.3, 0.4) is 0 Å². The van der Waals surface area contributed by atoms with Crippen molar-refractivity contribution in [2.75, 3.05) is 12.5 Å². The Labute approximate surface area is 181 Å². The SMILES string of the molecule is COC1CCC(C(O)N2Cc3c(cnc4c3ccn4S(=O)(=O)c3ccccc3)N2)CC1. The van der Waals surface area contributed by atoms with Crippen molar-refractivity contribution < 1.29 is 18.3 Å². The van der Waals surface area contributed by atoms with E-state index >= 15 is 0 Å². The molecule has 0 radical (unpaired) electrons. The summed E-state index contributed by atoms with van der Waals surface area (Å²) in [6.07, 6.45) is 6.56. The number of nitrogens with one attached hydrogen (secondary N) is 1. The molecule has 0 amide bonds. The molecule has 0 bridgehead atoms. The third-order valence-corrected chi connectivity index (χ3v) is 8.16. The highest BCUT2D eigenvalue weighted by atomic mass is 32.2. The number of fused-ring (bicyclic) bond motifs is 3. The lowest BCUT2D eigenvalue weighted by Gasteiger charge is -2.34. The molecule has 1 aromatic carbocycles. The summed E-state index contributed by atoms with van der Waals surface area (Å²) in [6.45, 7) is 0.481. The highest BCUT2D eigenvalue weighted by Crippen LogP contribution is 2.36. The number of hydrogen-bond acceptors (Lipinski definition) is 7. The van der Waals surface area contributed by atoms with Crippen molar-refractivity contribution in [2.45, 2.75) is 49.5 Å². The lowest BCUT2D eigenvalue weighted by molar-refractivity contribution is -0.0537. The average Bonchev–Trinajstić information content (AvgIpc) is 3.43. The molecule has 2 aliphatic rings. The number of rotatable bonds is 5. The number of aliphatic hydroxyl groups excluding tert-OH is 1. The first kappa shape index (κ1) is 20.4. The number of ether oxygens (including phenoxy) is 1. The summed E-state index contributed by atoms with van der Waals surface area (Å²) in [5.41, 5.74) is 5.39. The van der Waals surface area contributed by atoms with E-state index in [1.807, 2.05) is 5.01 Å². The zero-order valence-electron chi connectivity index (χ0n) is 17.3. The van der Waals surface area contributed by atoms with E-state index in [2.05, 4.69) is 10.4 Å². The van der Waals surface area contributed by atoms with Crippen molar-refractivity contribution in [1.82, 2.24) is 14.0 Å². The van der Waals surface area contributed by atoms with Gasteiger partial charge in [0.1, 0.15) is 6.23 Å². The Morgan fingerprint density at radius 3 is 2.61 bits per heavy atom. The van der Waals surface area contributed by atoms with Gasteiger partial charge in [-0.2, -0.15) is 5.01 Å². The summed E-state index contributed by atoms with van der Waals surface area (Å²) < 4.78 is 32.8. The molecule has 164 valence electrons. The van der Waals surface area contributed by atoms with Crippen molar-refractivity contribution >= 4 is 26.7 Å². The topological polar surface area (TPSA) is 96.7 Å². The number of hydrazine groups is 1. The van der Waals surface area contributed by atoms with Gasteiger partial charge >= 0.3 is 0 Å². The summed E-state index contributed by atoms with van der Waals surface area (Å²) in [5, 5.41) is 13.6. The predicted octanol–water partition coefficient (Wildman–Crippen LogP) is 2.94. The largest absolute Gasteiger partial charge is 0.381 e. The molecule has 0 spiro atoms. The molecule has 3 heterocycles. The van der Waals surface area contributed by atoms with E-state index in [1.165, 1.54) is 3.97 Å². The van der Waals surface area contributed by atoms with E-state index in [0.717, 1.165) is 42.3 Å². The van der Waals surface area contributed by atoms with Gasteiger partial charge in [0.15, 0.2) is 5.65 Å². The second-order valence-electron chi connectivity index (χ2n) is 8.24. The van der Waals surface area contributed by atoms with E-state index in [-0.39, 0.29) is 16.9 Å². The molecule has 1 saturated carbocycles. The number of methoxy groups -OCH3 is 1. The molecule has 9 heteroatoms. The van der Waals surface area contributed by atoms with Crippen molar-refractivity contribution in [1.29, 1.82) is 0 Å². The Balaban J connectivity index is 1.41. The Morgan fingerprint density at radius 2 is 1.90 bits per heavy atom. The normalized spacial score (nSPS) is 22.9. The summed E-state index contributed by atoms with van der Waals surface area (Å²) in [6, 6.07) is 10.1. The second kappa shape index (κ2) is 7.90. The Hall–Kier alpha value is -2.46. The fraction of sp³-hybridized carbons (Fsp3) is 0.409. The van der Waals surface area contributed by atoms with Gasteiger partial charge in [-0.15, -0.1) is 0 Å². The van der Waals surface area contributed by atoms with Crippen molar-refractivity contribution in [2.24, 2.45) is 5.92 Å². The van der Waals surface area contributed by atoms with Crippen LogP contribution in [0.25, 0.3) is 11.0 Å². The monoisotopic (exact) mass is 442 g/mol. The van der Waals surface area contributed by atoms with Gasteiger partial charge in [-0.1, -0.05) is 18.2 Å². The Morgan fingerprint density at radius 1 is 1.16 bits per heavy atom. The smallest absolute Gasteiger partial charge is 0.269 e. The fourth-order valence-electron chi connectivity index (χ4n) is 4.68. The minimum absolute atomic E-state index is 0.166. The van der Waals surface area contributed by atoms with Gasteiger partial charge in [0.25, 0.3) is 10.0 Å². The first-order chi connectivity index (χ1) is 15.0. The van der Waals surface area contributed by atoms with Gasteiger partial charge in [-0.05, 0) is 43.9 Å². The molecule has 5 rings (SSSR count). The van der Waals surface area contributed by atoms with Crippen LogP contribution in [-0.4, -0.2) is 46.9 Å². The standard InChI is InChI=1S/C22H26N4O4S/c1-30-16-9-7-15(8-10-16)22(27)25-14-19-18-11-12-26(21(18)23-13-20(19)24-25)31(28,29)17-5-3-2-4-6-17/h2-6,11-13,15-16,22,24,27H,7-10,14H2,1H3. The third kappa shape index (κ3) is 3.51. The van der Waals surface area contributed by atoms with Crippen molar-refractivity contribution in [3.63, 3.8) is 0 Å². The van der Waals surface area contributed by atoms with E-state index < -0.39 is 16.3 Å². The summed E-state index contributed by atoms with van der Waals surface area (Å²) in [5.74, 6) is 0.166. The maximum absolute atomic E-state index is 13.1. The van der Waals surface area contributed by atoms with Crippen molar-refractivity contribution in [3.8, 4) is 0 Å². The van der Waals surface area contributed by atoms with Gasteiger partial charge in [0.2, 0.25) is 0 Å². The number of nitrogens with zero attached hydrogens (tertiary/aromatic N) is 3. The highest BCUT2D eigenvalue weighted by molar-refractivity contribution is 7.90. The second-order valence-corrected chi connectivity index (χ2v) is 10.1. The van der Waals surface area contributed by atoms with E-state index in [1.54, 1.807) is 55.9 Å². The maximum Gasteiger partial charge on any atom is 0.269 e. The molecule has 2 N–H and O–H groups in total. The van der Waals surface area contributed by atoms with Crippen LogP contribution in [-0.2, 0) is 21.3 Å². The highest BCUT2D eigenvalue weighted by Gasteiger charge is 2.34. The number of hydrogen-bond donors (Lipinski definition) is 2. The van der Waals surface area contributed by atoms with Crippen LogP contribution in [0.2, 0.25) is 0 Å². The number of benzene rings is 1. The van der Waals surface area contributed by atoms with Crippen LogP contribution < -0.4 is 5.43 Å². The molecular formula is C22H26N4O4S. The maximum atomic E-state index is 13.1. The lowest BCUT2D eigenvalue weighted by Crippen LogP contribution is -2.42. The van der Waals surface area contributed by atoms with Crippen LogP contribution in [0.1, 0.15) is 31.2 Å². The summed E-state index contributed by atoms with van der Waals surface area (Å²) in [7, 11) is -2.00. The van der Waals surface area contributed by atoms with Gasteiger partial charge in [0.05, 0.1) is 22.9 Å². The molecule has 1 aliphatic carbocycles. The minimum atomic E-state index is -3.74. The third-order valence-electron chi connectivity index (χ3n) is 6.48. The molecular weight excluding hydrogens is 416 g/mol. The van der Waals surface area contributed by atoms with E-state index in [4.69, 9.17) is 4.74 Å². The van der Waals surface area contributed by atoms with Crippen LogP contribution in [0.4, 0.5) is 5.69 Å². The average molecular weight is 443 g/mol. The van der Waals surface area contributed by atoms with Crippen LogP contribution >= 0.6 is 0 Å². The zero-order valence-corrected chi connectivity index (χ0v) is 18.1. The molecule has 8 nitrogen and oxygen atoms in total. The first-order valence-corrected chi connectivity index (χ1v) is 12.0. The van der Waals surface area contributed by atoms with E-state index in [0.29, 0.717) is 12.2 Å². The van der Waals surface area contributed by atoms with Crippen LogP contribution in [0, 0.1) is 5.92 Å². The molecule has 1 unspecified atom stereocenters. The number of anilines is 1.